The van der Waals surface area contributed by atoms with Gasteiger partial charge in [-0.25, -0.2) is 4.79 Å². The highest BCUT2D eigenvalue weighted by atomic mass is 16.5. The summed E-state index contributed by atoms with van der Waals surface area (Å²) in [5, 5.41) is 11.9. The number of nitrogens with one attached hydrogen (secondary N) is 1. The summed E-state index contributed by atoms with van der Waals surface area (Å²) in [4.78, 5) is 38.4. The third-order valence-corrected chi connectivity index (χ3v) is 6.24. The maximum atomic E-state index is 13.1. The fraction of sp³-hybridized carbons (Fsp3) is 0.250. The predicted octanol–water partition coefficient (Wildman–Crippen LogP) is 4.07. The lowest BCUT2D eigenvalue weighted by Crippen LogP contribution is -2.51. The maximum absolute atomic E-state index is 13.1. The van der Waals surface area contributed by atoms with Crippen LogP contribution in [0.15, 0.2) is 78.9 Å². The zero-order valence-electron chi connectivity index (χ0n) is 19.5. The van der Waals surface area contributed by atoms with Crippen molar-refractivity contribution >= 4 is 18.0 Å². The molecule has 7 heteroatoms. The minimum atomic E-state index is -1.11. The third-order valence-electron chi connectivity index (χ3n) is 6.24. The molecule has 2 N–H and O–H groups in total. The van der Waals surface area contributed by atoms with Gasteiger partial charge in [0.1, 0.15) is 19.2 Å². The highest BCUT2D eigenvalue weighted by molar-refractivity contribution is 5.88. The number of likely N-dealkylation sites (N-methyl/N-ethyl adjacent to an activating group) is 1. The van der Waals surface area contributed by atoms with Gasteiger partial charge in [-0.1, -0.05) is 78.9 Å². The van der Waals surface area contributed by atoms with Crippen molar-refractivity contribution < 1.29 is 24.2 Å². The molecular weight excluding hydrogens is 444 g/mol. The SMILES string of the molecule is CCN(CC(=O)O)C(=O)[C@@H](Cc1ccccc1)NC(=O)OCC1c2ccccc2-c2ccccc21. The first-order valence-electron chi connectivity index (χ1n) is 11.6. The van der Waals surface area contributed by atoms with E-state index in [1.165, 1.54) is 4.90 Å². The van der Waals surface area contributed by atoms with Gasteiger partial charge in [-0.15, -0.1) is 0 Å². The van der Waals surface area contributed by atoms with Crippen molar-refractivity contribution in [2.45, 2.75) is 25.3 Å². The van der Waals surface area contributed by atoms with Gasteiger partial charge >= 0.3 is 12.1 Å². The lowest BCUT2D eigenvalue weighted by Gasteiger charge is -2.26. The van der Waals surface area contributed by atoms with Crippen molar-refractivity contribution in [3.63, 3.8) is 0 Å². The molecule has 0 saturated heterocycles. The van der Waals surface area contributed by atoms with Gasteiger partial charge in [-0.3, -0.25) is 9.59 Å². The van der Waals surface area contributed by atoms with Gasteiger partial charge in [-0.05, 0) is 34.7 Å². The number of ether oxygens (including phenoxy) is 1. The van der Waals surface area contributed by atoms with E-state index < -0.39 is 30.6 Å². The van der Waals surface area contributed by atoms with E-state index in [1.807, 2.05) is 66.7 Å². The molecule has 0 bridgehead atoms. The normalized spacial score (nSPS) is 12.8. The van der Waals surface area contributed by atoms with Crippen LogP contribution in [0.25, 0.3) is 11.1 Å². The lowest BCUT2D eigenvalue weighted by molar-refractivity contribution is -0.145. The van der Waals surface area contributed by atoms with Crippen LogP contribution in [0, 0.1) is 0 Å². The van der Waals surface area contributed by atoms with Crippen LogP contribution < -0.4 is 5.32 Å². The molecule has 0 aliphatic heterocycles. The third kappa shape index (κ3) is 5.51. The van der Waals surface area contributed by atoms with Crippen LogP contribution in [0.4, 0.5) is 4.79 Å². The summed E-state index contributed by atoms with van der Waals surface area (Å²) in [6, 6.07) is 24.4. The summed E-state index contributed by atoms with van der Waals surface area (Å²) in [6.07, 6.45) is -0.493. The summed E-state index contributed by atoms with van der Waals surface area (Å²) in [5.74, 6) is -1.68. The number of alkyl carbamates (subject to hydrolysis) is 1. The van der Waals surface area contributed by atoms with Crippen LogP contribution in [-0.2, 0) is 20.7 Å². The van der Waals surface area contributed by atoms with E-state index in [2.05, 4.69) is 17.4 Å². The number of benzene rings is 3. The number of rotatable bonds is 9. The van der Waals surface area contributed by atoms with Crippen LogP contribution in [0.5, 0.6) is 0 Å². The Bertz CT molecular complexity index is 1170. The van der Waals surface area contributed by atoms with Crippen LogP contribution in [0.1, 0.15) is 29.5 Å². The molecule has 7 nitrogen and oxygen atoms in total. The average Bonchev–Trinajstić information content (AvgIpc) is 3.19. The molecule has 3 aromatic rings. The zero-order chi connectivity index (χ0) is 24.8. The van der Waals surface area contributed by atoms with E-state index in [0.717, 1.165) is 27.8 Å². The predicted molar refractivity (Wildman–Crippen MR) is 132 cm³/mol. The molecule has 180 valence electrons. The van der Waals surface area contributed by atoms with Crippen molar-refractivity contribution in [1.82, 2.24) is 10.2 Å². The number of carbonyl (C=O) groups excluding carboxylic acids is 2. The molecule has 2 amide bonds. The number of hydrogen-bond acceptors (Lipinski definition) is 4. The summed E-state index contributed by atoms with van der Waals surface area (Å²) in [5.41, 5.74) is 5.29. The molecule has 0 fully saturated rings. The van der Waals surface area contributed by atoms with E-state index in [1.54, 1.807) is 6.92 Å². The van der Waals surface area contributed by atoms with Crippen LogP contribution in [-0.4, -0.2) is 53.7 Å². The standard InChI is InChI=1S/C28H28N2O5/c1-2-30(17-26(31)32)27(33)25(16-19-10-4-3-5-11-19)29-28(34)35-18-24-22-14-8-6-12-20(22)21-13-7-9-15-23(21)24/h3-15,24-25H,2,16-18H2,1H3,(H,29,34)(H,31,32)/t25-/m1/s1. The van der Waals surface area contributed by atoms with Crippen molar-refractivity contribution in [2.75, 3.05) is 19.7 Å². The van der Waals surface area contributed by atoms with E-state index in [-0.39, 0.29) is 25.5 Å². The Morgan fingerprint density at radius 2 is 1.49 bits per heavy atom. The number of carboxylic acid groups (broad SMARTS) is 1. The smallest absolute Gasteiger partial charge is 0.407 e. The Balaban J connectivity index is 1.48. The summed E-state index contributed by atoms with van der Waals surface area (Å²) >= 11 is 0. The highest BCUT2D eigenvalue weighted by Crippen LogP contribution is 2.44. The van der Waals surface area contributed by atoms with E-state index >= 15 is 0 Å². The Morgan fingerprint density at radius 1 is 0.914 bits per heavy atom. The Kier molecular flexibility index (Phi) is 7.45. The van der Waals surface area contributed by atoms with Crippen molar-refractivity contribution in [3.8, 4) is 11.1 Å². The van der Waals surface area contributed by atoms with Crippen LogP contribution >= 0.6 is 0 Å². The molecule has 1 aliphatic rings. The quantitative estimate of drug-likeness (QED) is 0.490. The van der Waals surface area contributed by atoms with Gasteiger partial charge < -0.3 is 20.1 Å². The van der Waals surface area contributed by atoms with Gasteiger partial charge in [0.15, 0.2) is 0 Å². The topological polar surface area (TPSA) is 95.9 Å². The molecule has 0 aromatic heterocycles. The molecule has 1 aliphatic carbocycles. The number of aliphatic carboxylic acids is 1. The number of fused-ring (bicyclic) bond motifs is 3. The molecule has 0 spiro atoms. The van der Waals surface area contributed by atoms with Gasteiger partial charge in [0, 0.05) is 18.9 Å². The zero-order valence-corrected chi connectivity index (χ0v) is 19.5. The lowest BCUT2D eigenvalue weighted by atomic mass is 9.98. The van der Waals surface area contributed by atoms with E-state index in [0.29, 0.717) is 0 Å². The second-order valence-corrected chi connectivity index (χ2v) is 8.46. The van der Waals surface area contributed by atoms with Crippen molar-refractivity contribution in [2.24, 2.45) is 0 Å². The number of hydrogen-bond donors (Lipinski definition) is 2. The molecule has 0 saturated carbocycles. The molecule has 4 rings (SSSR count). The first-order valence-corrected chi connectivity index (χ1v) is 11.6. The maximum Gasteiger partial charge on any atom is 0.407 e. The highest BCUT2D eigenvalue weighted by Gasteiger charge is 2.31. The Labute approximate surface area is 204 Å². The first kappa shape index (κ1) is 24.0. The van der Waals surface area contributed by atoms with Gasteiger partial charge in [0.05, 0.1) is 0 Å². The van der Waals surface area contributed by atoms with Crippen molar-refractivity contribution in [3.05, 3.63) is 95.6 Å². The average molecular weight is 473 g/mol. The fourth-order valence-corrected chi connectivity index (χ4v) is 4.56. The summed E-state index contributed by atoms with van der Waals surface area (Å²) in [6.45, 7) is 1.60. The minimum Gasteiger partial charge on any atom is -0.480 e. The number of carbonyl (C=O) groups is 3. The van der Waals surface area contributed by atoms with Gasteiger partial charge in [0.25, 0.3) is 0 Å². The molecule has 3 aromatic carbocycles. The molecule has 35 heavy (non-hydrogen) atoms. The number of nitrogens with zero attached hydrogens (tertiary/aromatic N) is 1. The number of carboxylic acids is 1. The summed E-state index contributed by atoms with van der Waals surface area (Å²) in [7, 11) is 0. The van der Waals surface area contributed by atoms with Crippen LogP contribution in [0.2, 0.25) is 0 Å². The second-order valence-electron chi connectivity index (χ2n) is 8.46. The largest absolute Gasteiger partial charge is 0.480 e. The fourth-order valence-electron chi connectivity index (χ4n) is 4.56. The molecule has 0 radical (unpaired) electrons. The molecule has 0 heterocycles. The van der Waals surface area contributed by atoms with Gasteiger partial charge in [0.2, 0.25) is 5.91 Å². The minimum absolute atomic E-state index is 0.101. The molecule has 0 unspecified atom stereocenters. The number of amides is 2. The van der Waals surface area contributed by atoms with Crippen molar-refractivity contribution in [1.29, 1.82) is 0 Å². The summed E-state index contributed by atoms with van der Waals surface area (Å²) < 4.78 is 5.62. The second kappa shape index (κ2) is 10.9. The molecular formula is C28H28N2O5. The van der Waals surface area contributed by atoms with Crippen LogP contribution in [0.3, 0.4) is 0 Å². The monoisotopic (exact) mass is 472 g/mol. The van der Waals surface area contributed by atoms with E-state index in [4.69, 9.17) is 4.74 Å². The van der Waals surface area contributed by atoms with Gasteiger partial charge in [-0.2, -0.15) is 0 Å². The Hall–Kier alpha value is -4.13. The Morgan fingerprint density at radius 3 is 2.06 bits per heavy atom. The molecule has 1 atom stereocenters. The van der Waals surface area contributed by atoms with E-state index in [9.17, 15) is 19.5 Å². The first-order chi connectivity index (χ1) is 17.0.